The van der Waals surface area contributed by atoms with Crippen molar-refractivity contribution in [2.75, 3.05) is 12.3 Å². The van der Waals surface area contributed by atoms with Crippen LogP contribution in [-0.4, -0.2) is 17.5 Å². The molecule has 0 radical (unpaired) electrons. The third-order valence-electron chi connectivity index (χ3n) is 3.09. The second-order valence-electron chi connectivity index (χ2n) is 4.42. The highest BCUT2D eigenvalue weighted by Crippen LogP contribution is 2.31. The molecular formula is C13H16ClN3. The third kappa shape index (κ3) is 3.12. The van der Waals surface area contributed by atoms with Crippen LogP contribution in [0, 0.1) is 11.3 Å². The fourth-order valence-electron chi connectivity index (χ4n) is 1.97. The Morgan fingerprint density at radius 1 is 1.47 bits per heavy atom. The Morgan fingerprint density at radius 2 is 2.24 bits per heavy atom. The summed E-state index contributed by atoms with van der Waals surface area (Å²) >= 11 is 6.16. The fourth-order valence-corrected chi connectivity index (χ4v) is 2.21. The van der Waals surface area contributed by atoms with Crippen LogP contribution in [0.2, 0.25) is 5.02 Å². The lowest BCUT2D eigenvalue weighted by Crippen LogP contribution is -2.27. The molecule has 0 unspecified atom stereocenters. The van der Waals surface area contributed by atoms with Gasteiger partial charge in [-0.25, -0.2) is 0 Å². The molecule has 1 aromatic rings. The van der Waals surface area contributed by atoms with Crippen LogP contribution >= 0.6 is 11.6 Å². The van der Waals surface area contributed by atoms with Gasteiger partial charge in [0.05, 0.1) is 6.07 Å². The van der Waals surface area contributed by atoms with E-state index in [0.717, 1.165) is 24.3 Å². The molecule has 0 heterocycles. The van der Waals surface area contributed by atoms with Crippen molar-refractivity contribution >= 4 is 17.3 Å². The first-order valence-corrected chi connectivity index (χ1v) is 6.24. The molecule has 4 heteroatoms. The molecule has 3 nitrogen and oxygen atoms in total. The maximum Gasteiger partial charge on any atom is 0.0635 e. The van der Waals surface area contributed by atoms with Crippen LogP contribution in [-0.2, 0) is 6.54 Å². The molecular weight excluding hydrogens is 234 g/mol. The molecule has 1 aliphatic carbocycles. The number of benzene rings is 1. The van der Waals surface area contributed by atoms with E-state index < -0.39 is 0 Å². The molecule has 0 spiro atoms. The summed E-state index contributed by atoms with van der Waals surface area (Å²) in [5, 5.41) is 9.38. The summed E-state index contributed by atoms with van der Waals surface area (Å²) in [6, 6.07) is 8.39. The molecule has 17 heavy (non-hydrogen) atoms. The van der Waals surface area contributed by atoms with Crippen molar-refractivity contribution in [3.05, 3.63) is 28.8 Å². The van der Waals surface area contributed by atoms with Gasteiger partial charge in [0.1, 0.15) is 0 Å². The van der Waals surface area contributed by atoms with Crippen LogP contribution in [0.25, 0.3) is 0 Å². The van der Waals surface area contributed by atoms with Gasteiger partial charge in [0.15, 0.2) is 0 Å². The maximum absolute atomic E-state index is 8.67. The molecule has 1 saturated carbocycles. The van der Waals surface area contributed by atoms with Gasteiger partial charge in [0.2, 0.25) is 0 Å². The Bertz CT molecular complexity index is 415. The highest BCUT2D eigenvalue weighted by molar-refractivity contribution is 6.31. The van der Waals surface area contributed by atoms with Gasteiger partial charge in [0, 0.05) is 41.8 Å². The van der Waals surface area contributed by atoms with Gasteiger partial charge in [-0.2, -0.15) is 5.26 Å². The summed E-state index contributed by atoms with van der Waals surface area (Å²) < 4.78 is 0. The minimum atomic E-state index is 0.556. The fraction of sp³-hybridized carbons (Fsp3) is 0.462. The lowest BCUT2D eigenvalue weighted by molar-refractivity contribution is 0.261. The smallest absolute Gasteiger partial charge is 0.0635 e. The van der Waals surface area contributed by atoms with Crippen molar-refractivity contribution < 1.29 is 0 Å². The van der Waals surface area contributed by atoms with E-state index in [1.165, 1.54) is 12.8 Å². The van der Waals surface area contributed by atoms with Crippen LogP contribution in [0.5, 0.6) is 0 Å². The number of halogens is 1. The number of nitrogens with zero attached hydrogens (tertiary/aromatic N) is 2. The zero-order valence-corrected chi connectivity index (χ0v) is 10.5. The lowest BCUT2D eigenvalue weighted by Gasteiger charge is -2.22. The topological polar surface area (TPSA) is 53.0 Å². The Kier molecular flexibility index (Phi) is 3.88. The average Bonchev–Trinajstić information content (AvgIpc) is 3.12. The quantitative estimate of drug-likeness (QED) is 0.817. The van der Waals surface area contributed by atoms with Crippen molar-refractivity contribution in [3.8, 4) is 6.07 Å². The molecule has 0 saturated heterocycles. The van der Waals surface area contributed by atoms with Gasteiger partial charge in [0.25, 0.3) is 0 Å². The largest absolute Gasteiger partial charge is 0.398 e. The Balaban J connectivity index is 2.09. The standard InChI is InChI=1S/C13H16ClN3/c14-12-3-1-4-13(16)11(12)9-17(8-2-7-15)10-5-6-10/h1,3-4,10H,2,5-6,8-9,16H2. The zero-order chi connectivity index (χ0) is 12.3. The molecule has 2 rings (SSSR count). The Labute approximate surface area is 107 Å². The first kappa shape index (κ1) is 12.2. The maximum atomic E-state index is 8.67. The number of rotatable bonds is 5. The van der Waals surface area contributed by atoms with E-state index in [1.54, 1.807) is 0 Å². The molecule has 1 fully saturated rings. The van der Waals surface area contributed by atoms with E-state index in [4.69, 9.17) is 22.6 Å². The van der Waals surface area contributed by atoms with E-state index in [2.05, 4.69) is 11.0 Å². The number of nitriles is 1. The monoisotopic (exact) mass is 249 g/mol. The molecule has 1 aliphatic rings. The number of anilines is 1. The predicted octanol–water partition coefficient (Wildman–Crippen LogP) is 2.80. The number of hydrogen-bond donors (Lipinski definition) is 1. The summed E-state index contributed by atoms with van der Waals surface area (Å²) in [6.07, 6.45) is 2.99. The predicted molar refractivity (Wildman–Crippen MR) is 69.5 cm³/mol. The van der Waals surface area contributed by atoms with Crippen LogP contribution in [0.15, 0.2) is 18.2 Å². The highest BCUT2D eigenvalue weighted by atomic mass is 35.5. The van der Waals surface area contributed by atoms with E-state index in [0.29, 0.717) is 17.5 Å². The summed E-state index contributed by atoms with van der Waals surface area (Å²) in [5.41, 5.74) is 7.66. The SMILES string of the molecule is N#CCCN(Cc1c(N)cccc1Cl)C1CC1. The van der Waals surface area contributed by atoms with Gasteiger partial charge >= 0.3 is 0 Å². The van der Waals surface area contributed by atoms with Gasteiger partial charge in [-0.15, -0.1) is 0 Å². The molecule has 90 valence electrons. The number of nitrogen functional groups attached to an aromatic ring is 1. The van der Waals surface area contributed by atoms with Gasteiger partial charge in [-0.3, -0.25) is 4.90 Å². The summed E-state index contributed by atoms with van der Waals surface area (Å²) in [5.74, 6) is 0. The van der Waals surface area contributed by atoms with Crippen LogP contribution in [0.4, 0.5) is 5.69 Å². The Hall–Kier alpha value is -1.24. The zero-order valence-electron chi connectivity index (χ0n) is 9.69. The molecule has 0 atom stereocenters. The summed E-state index contributed by atoms with van der Waals surface area (Å²) in [6.45, 7) is 1.55. The lowest BCUT2D eigenvalue weighted by atomic mass is 10.1. The van der Waals surface area contributed by atoms with E-state index in [9.17, 15) is 0 Å². The molecule has 0 aliphatic heterocycles. The molecule has 0 amide bonds. The van der Waals surface area contributed by atoms with E-state index >= 15 is 0 Å². The second kappa shape index (κ2) is 5.39. The first-order chi connectivity index (χ1) is 8.22. The minimum Gasteiger partial charge on any atom is -0.398 e. The normalized spacial score (nSPS) is 14.9. The summed E-state index contributed by atoms with van der Waals surface area (Å²) in [7, 11) is 0. The second-order valence-corrected chi connectivity index (χ2v) is 4.82. The average molecular weight is 250 g/mol. The van der Waals surface area contributed by atoms with Crippen molar-refractivity contribution in [2.45, 2.75) is 31.8 Å². The van der Waals surface area contributed by atoms with Gasteiger partial charge in [-0.05, 0) is 25.0 Å². The highest BCUT2D eigenvalue weighted by Gasteiger charge is 2.29. The van der Waals surface area contributed by atoms with E-state index in [-0.39, 0.29) is 0 Å². The molecule has 0 aromatic heterocycles. The summed E-state index contributed by atoms with van der Waals surface area (Å²) in [4.78, 5) is 2.31. The van der Waals surface area contributed by atoms with E-state index in [1.807, 2.05) is 18.2 Å². The van der Waals surface area contributed by atoms with Crippen LogP contribution < -0.4 is 5.73 Å². The minimum absolute atomic E-state index is 0.556. The molecule has 2 N–H and O–H groups in total. The van der Waals surface area contributed by atoms with Crippen molar-refractivity contribution in [2.24, 2.45) is 0 Å². The number of hydrogen-bond acceptors (Lipinski definition) is 3. The van der Waals surface area contributed by atoms with Gasteiger partial charge in [-0.1, -0.05) is 17.7 Å². The number of nitrogens with two attached hydrogens (primary N) is 1. The van der Waals surface area contributed by atoms with Gasteiger partial charge < -0.3 is 5.73 Å². The first-order valence-electron chi connectivity index (χ1n) is 5.86. The van der Waals surface area contributed by atoms with Crippen molar-refractivity contribution in [3.63, 3.8) is 0 Å². The van der Waals surface area contributed by atoms with Crippen molar-refractivity contribution in [1.29, 1.82) is 5.26 Å². The third-order valence-corrected chi connectivity index (χ3v) is 3.44. The van der Waals surface area contributed by atoms with Crippen LogP contribution in [0.3, 0.4) is 0 Å². The van der Waals surface area contributed by atoms with Crippen LogP contribution in [0.1, 0.15) is 24.8 Å². The Morgan fingerprint density at radius 3 is 2.82 bits per heavy atom. The van der Waals surface area contributed by atoms with Crippen molar-refractivity contribution in [1.82, 2.24) is 4.90 Å². The molecule has 0 bridgehead atoms. The molecule has 1 aromatic carbocycles.